The van der Waals surface area contributed by atoms with Gasteiger partial charge in [-0.2, -0.15) is 0 Å². The number of carbonyl (C=O) groups is 2. The number of carbonyl (C=O) groups excluding carboxylic acids is 2. The first-order valence-corrected chi connectivity index (χ1v) is 4.99. The second-order valence-corrected chi connectivity index (χ2v) is 3.90. The van der Waals surface area contributed by atoms with Crippen molar-refractivity contribution in [3.8, 4) is 0 Å². The molecule has 0 saturated heterocycles. The van der Waals surface area contributed by atoms with Crippen LogP contribution in [0.25, 0.3) is 0 Å². The van der Waals surface area contributed by atoms with Crippen molar-refractivity contribution >= 4 is 34.4 Å². The van der Waals surface area contributed by atoms with Gasteiger partial charge in [0.15, 0.2) is 0 Å². The predicted molar refractivity (Wildman–Crippen MR) is 60.7 cm³/mol. The Hall–Kier alpha value is -1.11. The molecule has 3 N–H and O–H groups in total. The van der Waals surface area contributed by atoms with E-state index in [1.165, 1.54) is 0 Å². The summed E-state index contributed by atoms with van der Waals surface area (Å²) in [6, 6.07) is 7.07. The number of halogens is 1. The molecule has 0 bridgehead atoms. The highest BCUT2D eigenvalue weighted by atomic mass is 127. The van der Waals surface area contributed by atoms with Gasteiger partial charge in [0.1, 0.15) is 0 Å². The van der Waals surface area contributed by atoms with Crippen LogP contribution in [0.2, 0.25) is 0 Å². The van der Waals surface area contributed by atoms with Crippen LogP contribution in [-0.4, -0.2) is 18.4 Å². The number of nitrogens with one attached hydrogen (secondary N) is 1. The number of hydrogen-bond acceptors (Lipinski definition) is 2. The average Bonchev–Trinajstić information content (AvgIpc) is 2.14. The third kappa shape index (κ3) is 3.33. The second-order valence-electron chi connectivity index (χ2n) is 2.66. The smallest absolute Gasteiger partial charge is 0.251 e. The van der Waals surface area contributed by atoms with Crippen LogP contribution in [-0.2, 0) is 4.79 Å². The van der Waals surface area contributed by atoms with E-state index in [2.05, 4.69) is 27.9 Å². The van der Waals surface area contributed by atoms with E-state index in [-0.39, 0.29) is 12.5 Å². The summed E-state index contributed by atoms with van der Waals surface area (Å²) in [6.45, 7) is -0.135. The van der Waals surface area contributed by atoms with E-state index in [0.29, 0.717) is 5.56 Å². The molecule has 0 radical (unpaired) electrons. The molecular formula is C9H9IN2O2. The van der Waals surface area contributed by atoms with Gasteiger partial charge < -0.3 is 11.1 Å². The Morgan fingerprint density at radius 3 is 2.71 bits per heavy atom. The van der Waals surface area contributed by atoms with E-state index in [4.69, 9.17) is 5.73 Å². The molecule has 4 nitrogen and oxygen atoms in total. The van der Waals surface area contributed by atoms with Crippen LogP contribution in [0.1, 0.15) is 10.4 Å². The summed E-state index contributed by atoms with van der Waals surface area (Å²) in [7, 11) is 0. The summed E-state index contributed by atoms with van der Waals surface area (Å²) in [6.07, 6.45) is 0. The van der Waals surface area contributed by atoms with Crippen molar-refractivity contribution in [1.82, 2.24) is 5.32 Å². The Kier molecular flexibility index (Phi) is 3.87. The van der Waals surface area contributed by atoms with Gasteiger partial charge in [-0.25, -0.2) is 0 Å². The molecule has 0 aromatic heterocycles. The Bertz CT molecular complexity index is 366. The van der Waals surface area contributed by atoms with E-state index in [1.54, 1.807) is 18.2 Å². The van der Waals surface area contributed by atoms with Crippen LogP contribution in [0.3, 0.4) is 0 Å². The molecule has 1 aromatic rings. The van der Waals surface area contributed by atoms with Gasteiger partial charge in [-0.15, -0.1) is 0 Å². The van der Waals surface area contributed by atoms with Gasteiger partial charge in [0.05, 0.1) is 6.54 Å². The highest BCUT2D eigenvalue weighted by Gasteiger charge is 2.05. The van der Waals surface area contributed by atoms with Crippen molar-refractivity contribution in [2.24, 2.45) is 5.73 Å². The maximum absolute atomic E-state index is 11.4. The second kappa shape index (κ2) is 4.94. The van der Waals surface area contributed by atoms with Crippen molar-refractivity contribution in [3.05, 3.63) is 33.4 Å². The normalized spacial score (nSPS) is 9.50. The molecule has 2 amide bonds. The van der Waals surface area contributed by atoms with Gasteiger partial charge in [-0.3, -0.25) is 9.59 Å². The molecular weight excluding hydrogens is 295 g/mol. The van der Waals surface area contributed by atoms with Crippen LogP contribution in [0.4, 0.5) is 0 Å². The lowest BCUT2D eigenvalue weighted by molar-refractivity contribution is -0.117. The molecule has 0 unspecified atom stereocenters. The fraction of sp³-hybridized carbons (Fsp3) is 0.111. The number of primary amides is 1. The molecule has 0 atom stereocenters. The van der Waals surface area contributed by atoms with E-state index < -0.39 is 5.91 Å². The lowest BCUT2D eigenvalue weighted by Crippen LogP contribution is -2.33. The molecule has 0 aliphatic carbocycles. The van der Waals surface area contributed by atoms with Crippen LogP contribution in [0.5, 0.6) is 0 Å². The standard InChI is InChI=1S/C9H9IN2O2/c10-7-3-1-2-6(4-7)9(14)12-5-8(11)13/h1-4H,5H2,(H2,11,13)(H,12,14). The minimum absolute atomic E-state index is 0.135. The number of nitrogens with two attached hydrogens (primary N) is 1. The van der Waals surface area contributed by atoms with Crippen LogP contribution >= 0.6 is 22.6 Å². The Balaban J connectivity index is 2.65. The topological polar surface area (TPSA) is 72.2 Å². The molecule has 0 spiro atoms. The lowest BCUT2D eigenvalue weighted by atomic mass is 10.2. The van der Waals surface area contributed by atoms with Crippen molar-refractivity contribution in [3.63, 3.8) is 0 Å². The lowest BCUT2D eigenvalue weighted by Gasteiger charge is -2.02. The molecule has 1 rings (SSSR count). The zero-order valence-electron chi connectivity index (χ0n) is 7.29. The van der Waals surface area contributed by atoms with Crippen molar-refractivity contribution in [2.75, 3.05) is 6.54 Å². The van der Waals surface area contributed by atoms with Crippen LogP contribution in [0, 0.1) is 3.57 Å². The zero-order chi connectivity index (χ0) is 10.6. The van der Waals surface area contributed by atoms with Crippen molar-refractivity contribution < 1.29 is 9.59 Å². The molecule has 0 heterocycles. The molecule has 5 heteroatoms. The van der Waals surface area contributed by atoms with Gasteiger partial charge in [0.25, 0.3) is 5.91 Å². The maximum atomic E-state index is 11.4. The molecule has 0 saturated carbocycles. The van der Waals surface area contributed by atoms with Gasteiger partial charge in [-0.05, 0) is 40.8 Å². The minimum atomic E-state index is -0.552. The third-order valence-electron chi connectivity index (χ3n) is 1.51. The number of hydrogen-bond donors (Lipinski definition) is 2. The Morgan fingerprint density at radius 2 is 2.14 bits per heavy atom. The summed E-state index contributed by atoms with van der Waals surface area (Å²) >= 11 is 2.11. The highest BCUT2D eigenvalue weighted by Crippen LogP contribution is 2.07. The minimum Gasteiger partial charge on any atom is -0.368 e. The van der Waals surface area contributed by atoms with E-state index in [0.717, 1.165) is 3.57 Å². The molecule has 0 fully saturated rings. The molecule has 74 valence electrons. The molecule has 0 aliphatic rings. The van der Waals surface area contributed by atoms with E-state index in [9.17, 15) is 9.59 Å². The molecule has 14 heavy (non-hydrogen) atoms. The zero-order valence-corrected chi connectivity index (χ0v) is 9.45. The summed E-state index contributed by atoms with van der Waals surface area (Å²) in [5, 5.41) is 2.41. The number of rotatable bonds is 3. The monoisotopic (exact) mass is 304 g/mol. The fourth-order valence-electron chi connectivity index (χ4n) is 0.899. The quantitative estimate of drug-likeness (QED) is 0.799. The van der Waals surface area contributed by atoms with Gasteiger partial charge in [-0.1, -0.05) is 6.07 Å². The summed E-state index contributed by atoms with van der Waals surface area (Å²) in [5.74, 6) is -0.841. The Morgan fingerprint density at radius 1 is 1.43 bits per heavy atom. The first-order chi connectivity index (χ1) is 6.59. The summed E-state index contributed by atoms with van der Waals surface area (Å²) in [5.41, 5.74) is 5.42. The number of benzene rings is 1. The van der Waals surface area contributed by atoms with Crippen molar-refractivity contribution in [2.45, 2.75) is 0 Å². The fourth-order valence-corrected chi connectivity index (χ4v) is 1.44. The third-order valence-corrected chi connectivity index (χ3v) is 2.18. The van der Waals surface area contributed by atoms with E-state index in [1.807, 2.05) is 6.07 Å². The van der Waals surface area contributed by atoms with Crippen molar-refractivity contribution in [1.29, 1.82) is 0 Å². The summed E-state index contributed by atoms with van der Waals surface area (Å²) in [4.78, 5) is 21.8. The maximum Gasteiger partial charge on any atom is 0.251 e. The predicted octanol–water partition coefficient (Wildman–Crippen LogP) is 0.506. The van der Waals surface area contributed by atoms with Crippen LogP contribution in [0.15, 0.2) is 24.3 Å². The molecule has 0 aliphatic heterocycles. The van der Waals surface area contributed by atoms with Gasteiger partial charge in [0.2, 0.25) is 5.91 Å². The Labute approximate surface area is 95.0 Å². The SMILES string of the molecule is NC(=O)CNC(=O)c1cccc(I)c1. The van der Waals surface area contributed by atoms with E-state index >= 15 is 0 Å². The first-order valence-electron chi connectivity index (χ1n) is 3.91. The van der Waals surface area contributed by atoms with Gasteiger partial charge in [0, 0.05) is 9.13 Å². The molecule has 1 aromatic carbocycles. The average molecular weight is 304 g/mol. The van der Waals surface area contributed by atoms with Gasteiger partial charge >= 0.3 is 0 Å². The first kappa shape index (κ1) is 11.0. The summed E-state index contributed by atoms with van der Waals surface area (Å²) < 4.78 is 0.967. The highest BCUT2D eigenvalue weighted by molar-refractivity contribution is 14.1. The van der Waals surface area contributed by atoms with Crippen LogP contribution < -0.4 is 11.1 Å². The largest absolute Gasteiger partial charge is 0.368 e. The number of amides is 2.